The molecule has 1 amide bonds. The molecule has 39 heavy (non-hydrogen) atoms. The minimum absolute atomic E-state index is 0.0245. The molecule has 4 aromatic carbocycles. The van der Waals surface area contributed by atoms with Crippen LogP contribution in [-0.4, -0.2) is 29.3 Å². The van der Waals surface area contributed by atoms with Crippen molar-refractivity contribution < 1.29 is 21.6 Å². The van der Waals surface area contributed by atoms with Gasteiger partial charge < -0.3 is 5.32 Å². The Morgan fingerprint density at radius 2 is 1.36 bits per heavy atom. The Morgan fingerprint density at radius 1 is 0.769 bits per heavy atom. The van der Waals surface area contributed by atoms with Crippen molar-refractivity contribution in [3.8, 4) is 0 Å². The van der Waals surface area contributed by atoms with Crippen LogP contribution in [-0.2, 0) is 24.8 Å². The van der Waals surface area contributed by atoms with E-state index in [1.165, 1.54) is 54.6 Å². The molecule has 4 aromatic rings. The maximum Gasteiger partial charge on any atom is 0.264 e. The number of aryl methyl sites for hydroxylation is 1. The van der Waals surface area contributed by atoms with Gasteiger partial charge >= 0.3 is 0 Å². The molecule has 0 saturated heterocycles. The van der Waals surface area contributed by atoms with Gasteiger partial charge in [0.25, 0.3) is 20.0 Å². The Hall–Kier alpha value is -3.57. The Morgan fingerprint density at radius 3 is 2.00 bits per heavy atom. The summed E-state index contributed by atoms with van der Waals surface area (Å²) in [4.78, 5) is 12.9. The fraction of sp³-hybridized carbons (Fsp3) is 0.0741. The number of hydrogen-bond acceptors (Lipinski definition) is 5. The SMILES string of the molecule is Cc1ccccc1N(CC(=O)Nc1ccc(S(=O)(=O)Nc2ccccc2Cl)cc1)S(=O)(=O)c1ccc(Cl)cc1. The molecule has 0 unspecified atom stereocenters. The molecule has 12 heteroatoms. The van der Waals surface area contributed by atoms with E-state index in [9.17, 15) is 21.6 Å². The predicted octanol–water partition coefficient (Wildman–Crippen LogP) is 5.94. The summed E-state index contributed by atoms with van der Waals surface area (Å²) in [5, 5.41) is 3.25. The first-order valence-corrected chi connectivity index (χ1v) is 15.2. The molecule has 0 atom stereocenters. The molecule has 0 fully saturated rings. The lowest BCUT2D eigenvalue weighted by atomic mass is 10.2. The van der Waals surface area contributed by atoms with Crippen molar-refractivity contribution in [2.75, 3.05) is 20.9 Å². The lowest BCUT2D eigenvalue weighted by Gasteiger charge is -2.25. The minimum Gasteiger partial charge on any atom is -0.325 e. The number of amides is 1. The minimum atomic E-state index is -4.12. The van der Waals surface area contributed by atoms with E-state index in [1.54, 1.807) is 49.4 Å². The van der Waals surface area contributed by atoms with Crippen LogP contribution in [0, 0.1) is 6.92 Å². The second-order valence-corrected chi connectivity index (χ2v) is 12.8. The van der Waals surface area contributed by atoms with Gasteiger partial charge in [-0.2, -0.15) is 0 Å². The smallest absolute Gasteiger partial charge is 0.264 e. The van der Waals surface area contributed by atoms with E-state index in [0.29, 0.717) is 16.3 Å². The fourth-order valence-electron chi connectivity index (χ4n) is 3.67. The van der Waals surface area contributed by atoms with Crippen LogP contribution in [0.15, 0.2) is 107 Å². The number of carbonyl (C=O) groups excluding carboxylic acids is 1. The lowest BCUT2D eigenvalue weighted by molar-refractivity contribution is -0.114. The molecule has 0 spiro atoms. The van der Waals surface area contributed by atoms with Gasteiger partial charge in [0.15, 0.2) is 0 Å². The predicted molar refractivity (Wildman–Crippen MR) is 154 cm³/mol. The van der Waals surface area contributed by atoms with Crippen LogP contribution in [0.3, 0.4) is 0 Å². The van der Waals surface area contributed by atoms with Gasteiger partial charge in [0.05, 0.1) is 26.2 Å². The lowest BCUT2D eigenvalue weighted by Crippen LogP contribution is -2.38. The number of anilines is 3. The highest BCUT2D eigenvalue weighted by atomic mass is 35.5. The molecular formula is C27H23Cl2N3O5S2. The molecule has 0 saturated carbocycles. The topological polar surface area (TPSA) is 113 Å². The summed E-state index contributed by atoms with van der Waals surface area (Å²) in [5.74, 6) is -0.624. The number of rotatable bonds is 9. The van der Waals surface area contributed by atoms with E-state index in [0.717, 1.165) is 4.31 Å². The van der Waals surface area contributed by atoms with E-state index in [-0.39, 0.29) is 26.2 Å². The molecule has 2 N–H and O–H groups in total. The average molecular weight is 605 g/mol. The third-order valence-corrected chi connectivity index (χ3v) is 9.38. The van der Waals surface area contributed by atoms with Gasteiger partial charge in [-0.25, -0.2) is 16.8 Å². The van der Waals surface area contributed by atoms with Crippen molar-refractivity contribution in [2.24, 2.45) is 0 Å². The van der Waals surface area contributed by atoms with Crippen LogP contribution in [0.1, 0.15) is 5.56 Å². The number of benzene rings is 4. The first-order valence-electron chi connectivity index (χ1n) is 11.5. The highest BCUT2D eigenvalue weighted by molar-refractivity contribution is 7.93. The highest BCUT2D eigenvalue weighted by Crippen LogP contribution is 2.28. The van der Waals surface area contributed by atoms with Crippen LogP contribution in [0.2, 0.25) is 10.0 Å². The number of halogens is 2. The number of nitrogens with one attached hydrogen (secondary N) is 2. The Balaban J connectivity index is 1.54. The first kappa shape index (κ1) is 28.4. The second kappa shape index (κ2) is 11.7. The van der Waals surface area contributed by atoms with Crippen molar-refractivity contribution in [3.05, 3.63) is 113 Å². The van der Waals surface area contributed by atoms with Crippen LogP contribution in [0.25, 0.3) is 0 Å². The Labute approximate surface area is 237 Å². The molecular weight excluding hydrogens is 581 g/mol. The maximum absolute atomic E-state index is 13.5. The second-order valence-electron chi connectivity index (χ2n) is 8.41. The number of sulfonamides is 2. The van der Waals surface area contributed by atoms with Gasteiger partial charge in [-0.05, 0) is 79.2 Å². The molecule has 0 aromatic heterocycles. The third-order valence-electron chi connectivity index (χ3n) is 5.64. The molecule has 202 valence electrons. The number of hydrogen-bond donors (Lipinski definition) is 2. The zero-order chi connectivity index (χ0) is 28.2. The zero-order valence-electron chi connectivity index (χ0n) is 20.5. The fourth-order valence-corrected chi connectivity index (χ4v) is 6.60. The number of para-hydroxylation sites is 2. The number of carbonyl (C=O) groups is 1. The summed E-state index contributed by atoms with van der Waals surface area (Å²) < 4.78 is 56.0. The van der Waals surface area contributed by atoms with Gasteiger partial charge in [0.2, 0.25) is 5.91 Å². The number of nitrogens with zero attached hydrogens (tertiary/aromatic N) is 1. The average Bonchev–Trinajstić information content (AvgIpc) is 2.89. The van der Waals surface area contributed by atoms with Crippen LogP contribution < -0.4 is 14.3 Å². The molecule has 0 radical (unpaired) electrons. The van der Waals surface area contributed by atoms with Gasteiger partial charge in [-0.1, -0.05) is 53.5 Å². The Bertz CT molecular complexity index is 1710. The van der Waals surface area contributed by atoms with Gasteiger partial charge in [-0.3, -0.25) is 13.8 Å². The molecule has 0 aliphatic carbocycles. The van der Waals surface area contributed by atoms with Crippen molar-refractivity contribution in [1.29, 1.82) is 0 Å². The molecule has 0 bridgehead atoms. The Kier molecular flexibility index (Phi) is 8.51. The zero-order valence-corrected chi connectivity index (χ0v) is 23.7. The summed E-state index contributed by atoms with van der Waals surface area (Å²) >= 11 is 12.0. The summed E-state index contributed by atoms with van der Waals surface area (Å²) in [6.07, 6.45) is 0. The molecule has 8 nitrogen and oxygen atoms in total. The standard InChI is InChI=1S/C27H23Cl2N3O5S2/c1-19-6-2-5-9-26(19)32(39(36,37)23-14-10-20(28)11-15-23)18-27(33)30-21-12-16-22(17-13-21)38(34,35)31-25-8-4-3-7-24(25)29/h2-17,31H,18H2,1H3,(H,30,33). The van der Waals surface area contributed by atoms with Crippen molar-refractivity contribution >= 4 is 66.2 Å². The van der Waals surface area contributed by atoms with Crippen LogP contribution in [0.4, 0.5) is 17.1 Å². The summed E-state index contributed by atoms with van der Waals surface area (Å²) in [7, 11) is -8.06. The largest absolute Gasteiger partial charge is 0.325 e. The van der Waals surface area contributed by atoms with E-state index >= 15 is 0 Å². The van der Waals surface area contributed by atoms with Gasteiger partial charge in [0, 0.05) is 10.7 Å². The molecule has 0 heterocycles. The molecule has 0 aliphatic rings. The van der Waals surface area contributed by atoms with Crippen LogP contribution >= 0.6 is 23.2 Å². The molecule has 0 aliphatic heterocycles. The van der Waals surface area contributed by atoms with E-state index in [2.05, 4.69) is 10.0 Å². The molecule has 4 rings (SSSR count). The van der Waals surface area contributed by atoms with E-state index in [4.69, 9.17) is 23.2 Å². The van der Waals surface area contributed by atoms with Crippen molar-refractivity contribution in [3.63, 3.8) is 0 Å². The van der Waals surface area contributed by atoms with E-state index < -0.39 is 32.5 Å². The summed E-state index contributed by atoms with van der Waals surface area (Å²) in [6, 6.07) is 24.3. The van der Waals surface area contributed by atoms with Gasteiger partial charge in [0.1, 0.15) is 6.54 Å². The van der Waals surface area contributed by atoms with Crippen molar-refractivity contribution in [2.45, 2.75) is 16.7 Å². The summed E-state index contributed by atoms with van der Waals surface area (Å²) in [5.41, 5.74) is 1.51. The third kappa shape index (κ3) is 6.72. The van der Waals surface area contributed by atoms with Crippen molar-refractivity contribution in [1.82, 2.24) is 0 Å². The first-order chi connectivity index (χ1) is 18.5. The highest BCUT2D eigenvalue weighted by Gasteiger charge is 2.28. The summed E-state index contributed by atoms with van der Waals surface area (Å²) in [6.45, 7) is 1.22. The monoisotopic (exact) mass is 603 g/mol. The quantitative estimate of drug-likeness (QED) is 0.246. The van der Waals surface area contributed by atoms with Gasteiger partial charge in [-0.15, -0.1) is 0 Å². The van der Waals surface area contributed by atoms with E-state index in [1.807, 2.05) is 0 Å². The van der Waals surface area contributed by atoms with Crippen LogP contribution in [0.5, 0.6) is 0 Å². The normalized spacial score (nSPS) is 11.6. The maximum atomic E-state index is 13.5.